The van der Waals surface area contributed by atoms with Crippen LogP contribution in [0.3, 0.4) is 0 Å². The third-order valence-electron chi connectivity index (χ3n) is 2.93. The Morgan fingerprint density at radius 1 is 1.24 bits per heavy atom. The molecule has 0 fully saturated rings. The van der Waals surface area contributed by atoms with Crippen LogP contribution in [0.5, 0.6) is 0 Å². The number of nitrogens with one attached hydrogen (secondary N) is 1. The van der Waals surface area contributed by atoms with Crippen molar-refractivity contribution >= 4 is 22.5 Å². The van der Waals surface area contributed by atoms with E-state index in [1.54, 1.807) is 0 Å². The molecule has 17 heavy (non-hydrogen) atoms. The largest absolute Gasteiger partial charge is 0.322 e. The molecule has 0 saturated heterocycles. The fourth-order valence-corrected chi connectivity index (χ4v) is 2.02. The van der Waals surface area contributed by atoms with Crippen LogP contribution in [0.2, 0.25) is 0 Å². The molecule has 0 atom stereocenters. The third-order valence-corrected chi connectivity index (χ3v) is 3.22. The minimum absolute atomic E-state index is 0.101. The molecule has 1 heterocycles. The van der Waals surface area contributed by atoms with Crippen LogP contribution in [-0.2, 0) is 11.3 Å². The number of aromatic nitrogens is 1. The van der Waals surface area contributed by atoms with Gasteiger partial charge in [-0.1, -0.05) is 26.8 Å². The van der Waals surface area contributed by atoms with Gasteiger partial charge in [-0.3, -0.25) is 4.79 Å². The van der Waals surface area contributed by atoms with Crippen molar-refractivity contribution in [3.05, 3.63) is 45.7 Å². The highest BCUT2D eigenvalue weighted by atomic mass is 35.5. The molecule has 2 nitrogen and oxygen atoms in total. The van der Waals surface area contributed by atoms with Crippen LogP contribution >= 0.6 is 11.6 Å². The minimum atomic E-state index is -0.101. The van der Waals surface area contributed by atoms with Crippen molar-refractivity contribution in [3.63, 3.8) is 0 Å². The number of halogens is 1. The Bertz CT molecular complexity index is 608. The summed E-state index contributed by atoms with van der Waals surface area (Å²) in [6.45, 7) is 6.51. The molecule has 0 unspecified atom stereocenters. The van der Waals surface area contributed by atoms with Gasteiger partial charge in [0.05, 0.1) is 5.88 Å². The third kappa shape index (κ3) is 2.37. The van der Waals surface area contributed by atoms with E-state index in [4.69, 9.17) is 11.6 Å². The summed E-state index contributed by atoms with van der Waals surface area (Å²) in [5, 5.41) is 1.03. The first-order valence-electron chi connectivity index (χ1n) is 5.64. The summed E-state index contributed by atoms with van der Waals surface area (Å²) in [5.74, 6) is 0.241. The lowest BCUT2D eigenvalue weighted by molar-refractivity contribution is 0.591. The minimum Gasteiger partial charge on any atom is -0.322 e. The van der Waals surface area contributed by atoms with Gasteiger partial charge in [-0.2, -0.15) is 0 Å². The van der Waals surface area contributed by atoms with Crippen LogP contribution in [0.1, 0.15) is 31.9 Å². The molecule has 0 aliphatic rings. The Kier molecular flexibility index (Phi) is 3.00. The predicted molar refractivity (Wildman–Crippen MR) is 72.8 cm³/mol. The van der Waals surface area contributed by atoms with Crippen molar-refractivity contribution in [3.8, 4) is 0 Å². The van der Waals surface area contributed by atoms with Crippen molar-refractivity contribution in [2.24, 2.45) is 0 Å². The Hall–Kier alpha value is -1.28. The van der Waals surface area contributed by atoms with E-state index in [-0.39, 0.29) is 16.9 Å². The molecule has 90 valence electrons. The molecule has 1 aromatic carbocycles. The molecular formula is C14H16ClNO. The second kappa shape index (κ2) is 4.19. The molecule has 0 radical (unpaired) electrons. The molecule has 1 aromatic heterocycles. The SMILES string of the molecule is CC(C)(C)c1ccc2[nH]c(=O)c(CCl)cc2c1. The maximum atomic E-state index is 11.6. The zero-order chi connectivity index (χ0) is 12.6. The van der Waals surface area contributed by atoms with Crippen LogP contribution in [0.15, 0.2) is 29.1 Å². The Morgan fingerprint density at radius 3 is 2.53 bits per heavy atom. The summed E-state index contributed by atoms with van der Waals surface area (Å²) in [6.07, 6.45) is 0. The summed E-state index contributed by atoms with van der Waals surface area (Å²) < 4.78 is 0. The van der Waals surface area contributed by atoms with Crippen molar-refractivity contribution in [1.29, 1.82) is 0 Å². The van der Waals surface area contributed by atoms with Gasteiger partial charge in [0.25, 0.3) is 5.56 Å². The highest BCUT2D eigenvalue weighted by Gasteiger charge is 2.14. The second-order valence-corrected chi connectivity index (χ2v) is 5.58. The van der Waals surface area contributed by atoms with Crippen LogP contribution in [-0.4, -0.2) is 4.98 Å². The molecule has 0 aliphatic heterocycles. The topological polar surface area (TPSA) is 32.9 Å². The van der Waals surface area contributed by atoms with E-state index in [2.05, 4.69) is 37.9 Å². The van der Waals surface area contributed by atoms with E-state index < -0.39 is 0 Å². The molecular weight excluding hydrogens is 234 g/mol. The number of alkyl halides is 1. The lowest BCUT2D eigenvalue weighted by Gasteiger charge is -2.19. The van der Waals surface area contributed by atoms with Crippen LogP contribution in [0, 0.1) is 0 Å². The van der Waals surface area contributed by atoms with Crippen LogP contribution < -0.4 is 5.56 Å². The number of benzene rings is 1. The molecule has 0 aliphatic carbocycles. The van der Waals surface area contributed by atoms with Crippen molar-refractivity contribution in [2.75, 3.05) is 0 Å². The van der Waals surface area contributed by atoms with Gasteiger partial charge in [-0.25, -0.2) is 0 Å². The maximum Gasteiger partial charge on any atom is 0.252 e. The number of pyridine rings is 1. The van der Waals surface area contributed by atoms with Crippen molar-refractivity contribution in [2.45, 2.75) is 32.1 Å². The average Bonchev–Trinajstić information content (AvgIpc) is 2.26. The predicted octanol–water partition coefficient (Wildman–Crippen LogP) is 3.56. The Labute approximate surface area is 106 Å². The van der Waals surface area contributed by atoms with Gasteiger partial charge in [-0.05, 0) is 34.6 Å². The van der Waals surface area contributed by atoms with E-state index >= 15 is 0 Å². The lowest BCUT2D eigenvalue weighted by Crippen LogP contribution is -2.13. The standard InChI is InChI=1S/C14H16ClNO/c1-14(2,3)11-4-5-12-9(7-11)6-10(8-15)13(17)16-12/h4-7H,8H2,1-3H3,(H,16,17). The molecule has 1 N–H and O–H groups in total. The first-order valence-corrected chi connectivity index (χ1v) is 6.17. The lowest BCUT2D eigenvalue weighted by atomic mass is 9.86. The van der Waals surface area contributed by atoms with Gasteiger partial charge in [-0.15, -0.1) is 11.6 Å². The summed E-state index contributed by atoms with van der Waals surface area (Å²) in [5.41, 5.74) is 2.72. The normalized spacial score (nSPS) is 12.0. The molecule has 3 heteroatoms. The monoisotopic (exact) mass is 249 g/mol. The van der Waals surface area contributed by atoms with E-state index in [9.17, 15) is 4.79 Å². The molecule has 0 bridgehead atoms. The number of hydrogen-bond donors (Lipinski definition) is 1. The number of fused-ring (bicyclic) bond motifs is 1. The summed E-state index contributed by atoms with van der Waals surface area (Å²) in [6, 6.07) is 7.99. The smallest absolute Gasteiger partial charge is 0.252 e. The van der Waals surface area contributed by atoms with Crippen molar-refractivity contribution < 1.29 is 0 Å². The fourth-order valence-electron chi connectivity index (χ4n) is 1.82. The highest BCUT2D eigenvalue weighted by molar-refractivity contribution is 6.17. The van der Waals surface area contributed by atoms with Gasteiger partial charge >= 0.3 is 0 Å². The summed E-state index contributed by atoms with van der Waals surface area (Å²) in [4.78, 5) is 14.5. The summed E-state index contributed by atoms with van der Waals surface area (Å²) >= 11 is 5.74. The van der Waals surface area contributed by atoms with Gasteiger partial charge in [0.2, 0.25) is 0 Å². The van der Waals surface area contributed by atoms with Gasteiger partial charge < -0.3 is 4.98 Å². The number of rotatable bonds is 1. The zero-order valence-electron chi connectivity index (χ0n) is 10.3. The molecule has 2 aromatic rings. The van der Waals surface area contributed by atoms with Gasteiger partial charge in [0, 0.05) is 11.1 Å². The Morgan fingerprint density at radius 2 is 1.94 bits per heavy atom. The zero-order valence-corrected chi connectivity index (χ0v) is 11.1. The second-order valence-electron chi connectivity index (χ2n) is 5.31. The maximum absolute atomic E-state index is 11.6. The van der Waals surface area contributed by atoms with Gasteiger partial charge in [0.15, 0.2) is 0 Å². The van der Waals surface area contributed by atoms with Gasteiger partial charge in [0.1, 0.15) is 0 Å². The quantitative estimate of drug-likeness (QED) is 0.770. The molecule has 0 saturated carbocycles. The van der Waals surface area contributed by atoms with E-state index in [0.29, 0.717) is 5.56 Å². The van der Waals surface area contributed by atoms with Crippen LogP contribution in [0.4, 0.5) is 0 Å². The average molecular weight is 250 g/mol. The molecule has 2 rings (SSSR count). The summed E-state index contributed by atoms with van der Waals surface area (Å²) in [7, 11) is 0. The number of hydrogen-bond acceptors (Lipinski definition) is 1. The number of H-pyrrole nitrogens is 1. The number of aromatic amines is 1. The first-order chi connectivity index (χ1) is 7.91. The molecule has 0 spiro atoms. The van der Waals surface area contributed by atoms with Crippen LogP contribution in [0.25, 0.3) is 10.9 Å². The highest BCUT2D eigenvalue weighted by Crippen LogP contribution is 2.25. The van der Waals surface area contributed by atoms with Crippen molar-refractivity contribution in [1.82, 2.24) is 4.98 Å². The van der Waals surface area contributed by atoms with E-state index in [1.807, 2.05) is 12.1 Å². The molecule has 0 amide bonds. The fraction of sp³-hybridized carbons (Fsp3) is 0.357. The Balaban J connectivity index is 2.69. The first kappa shape index (κ1) is 12.2. The van der Waals surface area contributed by atoms with E-state index in [1.165, 1.54) is 5.56 Å². The van der Waals surface area contributed by atoms with E-state index in [0.717, 1.165) is 10.9 Å².